The Balaban J connectivity index is 2.44. The van der Waals surface area contributed by atoms with Crippen LogP contribution in [0.2, 0.25) is 0 Å². The SMILES string of the molecule is CCCOCCS(=O)c1ncccc1N. The van der Waals surface area contributed by atoms with E-state index in [9.17, 15) is 4.21 Å². The molecule has 0 fully saturated rings. The molecule has 1 unspecified atom stereocenters. The molecule has 0 aliphatic heterocycles. The van der Waals surface area contributed by atoms with Gasteiger partial charge in [0.05, 0.1) is 28.8 Å². The second-order valence-electron chi connectivity index (χ2n) is 3.06. The lowest BCUT2D eigenvalue weighted by atomic mass is 10.4. The molecule has 1 aromatic heterocycles. The molecule has 0 bridgehead atoms. The van der Waals surface area contributed by atoms with Crippen LogP contribution in [0.1, 0.15) is 13.3 Å². The first-order valence-corrected chi connectivity index (χ1v) is 6.24. The topological polar surface area (TPSA) is 65.2 Å². The summed E-state index contributed by atoms with van der Waals surface area (Å²) in [6, 6.07) is 3.43. The number of nitrogen functional groups attached to an aromatic ring is 1. The Hall–Kier alpha value is -0.940. The zero-order valence-corrected chi connectivity index (χ0v) is 9.63. The summed E-state index contributed by atoms with van der Waals surface area (Å²) in [5.41, 5.74) is 6.13. The minimum atomic E-state index is -1.16. The molecule has 0 saturated heterocycles. The fraction of sp³-hybridized carbons (Fsp3) is 0.500. The molecule has 0 aliphatic carbocycles. The summed E-state index contributed by atoms with van der Waals surface area (Å²) < 4.78 is 17.0. The molecule has 15 heavy (non-hydrogen) atoms. The van der Waals surface area contributed by atoms with Gasteiger partial charge in [-0.15, -0.1) is 0 Å². The summed E-state index contributed by atoms with van der Waals surface area (Å²) in [5.74, 6) is 0.446. The number of aromatic nitrogens is 1. The highest BCUT2D eigenvalue weighted by Gasteiger charge is 2.08. The fourth-order valence-corrected chi connectivity index (χ4v) is 2.04. The van der Waals surface area contributed by atoms with E-state index in [4.69, 9.17) is 10.5 Å². The van der Waals surface area contributed by atoms with E-state index in [0.29, 0.717) is 29.7 Å². The van der Waals surface area contributed by atoms with Crippen LogP contribution >= 0.6 is 0 Å². The molecular formula is C10H16N2O2S. The third kappa shape index (κ3) is 3.97. The fourth-order valence-electron chi connectivity index (χ4n) is 1.07. The summed E-state index contributed by atoms with van der Waals surface area (Å²) in [7, 11) is -1.16. The maximum Gasteiger partial charge on any atom is 0.150 e. The van der Waals surface area contributed by atoms with Gasteiger partial charge in [-0.3, -0.25) is 4.21 Å². The average Bonchev–Trinajstić information content (AvgIpc) is 2.25. The highest BCUT2D eigenvalue weighted by atomic mass is 32.2. The largest absolute Gasteiger partial charge is 0.396 e. The van der Waals surface area contributed by atoms with E-state index in [2.05, 4.69) is 4.98 Å². The summed E-state index contributed by atoms with van der Waals surface area (Å²) in [6.07, 6.45) is 2.56. The van der Waals surface area contributed by atoms with Crippen LogP contribution in [0.5, 0.6) is 0 Å². The van der Waals surface area contributed by atoms with E-state index in [-0.39, 0.29) is 0 Å². The Bertz CT molecular complexity index is 331. The number of hydrogen-bond acceptors (Lipinski definition) is 4. The monoisotopic (exact) mass is 228 g/mol. The molecule has 0 aliphatic rings. The van der Waals surface area contributed by atoms with Crippen molar-refractivity contribution >= 4 is 16.5 Å². The van der Waals surface area contributed by atoms with Crippen molar-refractivity contribution in [3.8, 4) is 0 Å². The first kappa shape index (κ1) is 12.1. The van der Waals surface area contributed by atoms with Crippen molar-refractivity contribution in [2.75, 3.05) is 24.7 Å². The number of nitrogens with two attached hydrogens (primary N) is 1. The van der Waals surface area contributed by atoms with Crippen molar-refractivity contribution in [3.63, 3.8) is 0 Å². The predicted octanol–water partition coefficient (Wildman–Crippen LogP) is 1.20. The lowest BCUT2D eigenvalue weighted by molar-refractivity contribution is 0.150. The Morgan fingerprint density at radius 3 is 3.00 bits per heavy atom. The van der Waals surface area contributed by atoms with Crippen LogP contribution in [0, 0.1) is 0 Å². The van der Waals surface area contributed by atoms with Crippen LogP contribution in [0.3, 0.4) is 0 Å². The van der Waals surface area contributed by atoms with Crippen molar-refractivity contribution in [3.05, 3.63) is 18.3 Å². The predicted molar refractivity (Wildman–Crippen MR) is 61.0 cm³/mol. The molecule has 2 N–H and O–H groups in total. The minimum absolute atomic E-state index is 0.446. The van der Waals surface area contributed by atoms with E-state index < -0.39 is 10.8 Å². The maximum absolute atomic E-state index is 11.7. The molecule has 0 amide bonds. The van der Waals surface area contributed by atoms with Gasteiger partial charge in [0.25, 0.3) is 0 Å². The van der Waals surface area contributed by atoms with E-state index in [1.807, 2.05) is 6.92 Å². The van der Waals surface area contributed by atoms with Crippen molar-refractivity contribution < 1.29 is 8.95 Å². The summed E-state index contributed by atoms with van der Waals surface area (Å²) in [4.78, 5) is 4.00. The van der Waals surface area contributed by atoms with E-state index in [0.717, 1.165) is 6.42 Å². The standard InChI is InChI=1S/C10H16N2O2S/c1-2-6-14-7-8-15(13)10-9(11)4-3-5-12-10/h3-5H,2,6-8,11H2,1H3. The number of nitrogens with zero attached hydrogens (tertiary/aromatic N) is 1. The van der Waals surface area contributed by atoms with Crippen LogP contribution < -0.4 is 5.73 Å². The van der Waals surface area contributed by atoms with Gasteiger partial charge in [0.1, 0.15) is 5.03 Å². The molecule has 0 radical (unpaired) electrons. The van der Waals surface area contributed by atoms with Crippen LogP contribution in [0.25, 0.3) is 0 Å². The lowest BCUT2D eigenvalue weighted by Crippen LogP contribution is -2.09. The van der Waals surface area contributed by atoms with Gasteiger partial charge in [-0.05, 0) is 18.6 Å². The lowest BCUT2D eigenvalue weighted by Gasteiger charge is -2.04. The van der Waals surface area contributed by atoms with Gasteiger partial charge in [0.2, 0.25) is 0 Å². The van der Waals surface area contributed by atoms with Crippen LogP contribution in [-0.2, 0) is 15.5 Å². The van der Waals surface area contributed by atoms with Crippen LogP contribution in [-0.4, -0.2) is 28.2 Å². The van der Waals surface area contributed by atoms with Crippen molar-refractivity contribution in [1.82, 2.24) is 4.98 Å². The third-order valence-corrected chi connectivity index (χ3v) is 3.09. The zero-order valence-electron chi connectivity index (χ0n) is 8.81. The maximum atomic E-state index is 11.7. The van der Waals surface area contributed by atoms with Gasteiger partial charge < -0.3 is 10.5 Å². The minimum Gasteiger partial charge on any atom is -0.396 e. The number of pyridine rings is 1. The van der Waals surface area contributed by atoms with Gasteiger partial charge in [0.15, 0.2) is 0 Å². The van der Waals surface area contributed by atoms with E-state index in [1.165, 1.54) is 0 Å². The van der Waals surface area contributed by atoms with Crippen LogP contribution in [0.4, 0.5) is 5.69 Å². The second-order valence-corrected chi connectivity index (χ2v) is 4.55. The molecule has 4 nitrogen and oxygen atoms in total. The van der Waals surface area contributed by atoms with Crippen molar-refractivity contribution in [2.24, 2.45) is 0 Å². The molecule has 0 spiro atoms. The number of rotatable bonds is 6. The van der Waals surface area contributed by atoms with Gasteiger partial charge in [0, 0.05) is 12.8 Å². The summed E-state index contributed by atoms with van der Waals surface area (Å²) in [5, 5.41) is 0.456. The molecule has 1 heterocycles. The molecule has 1 atom stereocenters. The number of ether oxygens (including phenoxy) is 1. The average molecular weight is 228 g/mol. The normalized spacial score (nSPS) is 12.6. The first-order valence-electron chi connectivity index (χ1n) is 4.92. The van der Waals surface area contributed by atoms with E-state index >= 15 is 0 Å². The second kappa shape index (κ2) is 6.53. The van der Waals surface area contributed by atoms with Crippen LogP contribution in [0.15, 0.2) is 23.4 Å². The highest BCUT2D eigenvalue weighted by Crippen LogP contribution is 2.11. The Morgan fingerprint density at radius 1 is 1.53 bits per heavy atom. The first-order chi connectivity index (χ1) is 7.25. The van der Waals surface area contributed by atoms with Gasteiger partial charge in [-0.25, -0.2) is 4.98 Å². The summed E-state index contributed by atoms with van der Waals surface area (Å²) >= 11 is 0. The molecule has 5 heteroatoms. The molecule has 1 rings (SSSR count). The Morgan fingerprint density at radius 2 is 2.33 bits per heavy atom. The molecular weight excluding hydrogens is 212 g/mol. The molecule has 0 aromatic carbocycles. The highest BCUT2D eigenvalue weighted by molar-refractivity contribution is 7.85. The van der Waals surface area contributed by atoms with Crippen molar-refractivity contribution in [1.29, 1.82) is 0 Å². The Kier molecular flexibility index (Phi) is 5.28. The third-order valence-electron chi connectivity index (χ3n) is 1.78. The van der Waals surface area contributed by atoms with Crippen molar-refractivity contribution in [2.45, 2.75) is 18.4 Å². The zero-order chi connectivity index (χ0) is 11.1. The molecule has 0 saturated carbocycles. The molecule has 84 valence electrons. The van der Waals surface area contributed by atoms with Gasteiger partial charge in [-0.2, -0.15) is 0 Å². The number of hydrogen-bond donors (Lipinski definition) is 1. The summed E-state index contributed by atoms with van der Waals surface area (Å²) in [6.45, 7) is 3.22. The smallest absolute Gasteiger partial charge is 0.150 e. The number of anilines is 1. The quantitative estimate of drug-likeness (QED) is 0.743. The van der Waals surface area contributed by atoms with Gasteiger partial charge in [-0.1, -0.05) is 6.92 Å². The Labute approximate surface area is 92.3 Å². The van der Waals surface area contributed by atoms with Gasteiger partial charge >= 0.3 is 0 Å². The van der Waals surface area contributed by atoms with E-state index in [1.54, 1.807) is 18.3 Å². The molecule has 1 aromatic rings.